The van der Waals surface area contributed by atoms with Gasteiger partial charge in [-0.3, -0.25) is 0 Å². The van der Waals surface area contributed by atoms with Gasteiger partial charge in [-0.1, -0.05) is 54.1 Å². The van der Waals surface area contributed by atoms with Crippen molar-refractivity contribution in [3.63, 3.8) is 0 Å². The number of benzene rings is 1. The van der Waals surface area contributed by atoms with Gasteiger partial charge >= 0.3 is 11.7 Å². The summed E-state index contributed by atoms with van der Waals surface area (Å²) < 4.78 is 1.66. The Morgan fingerprint density at radius 2 is 1.77 bits per heavy atom. The Morgan fingerprint density at radius 1 is 1.15 bits per heavy atom. The Kier molecular flexibility index (Phi) is 5.89. The average Bonchev–Trinajstić information content (AvgIpc) is 2.97. The van der Waals surface area contributed by atoms with Crippen molar-refractivity contribution < 1.29 is 4.79 Å². The number of hydrogen-bond donors (Lipinski definition) is 0. The van der Waals surface area contributed by atoms with E-state index in [0.29, 0.717) is 11.6 Å². The summed E-state index contributed by atoms with van der Waals surface area (Å²) in [5, 5.41) is 8.13. The van der Waals surface area contributed by atoms with Gasteiger partial charge in [0.1, 0.15) is 5.69 Å². The van der Waals surface area contributed by atoms with Crippen LogP contribution >= 0.6 is 34.8 Å². The number of carbonyl (C=O) groups excluding carboxylic acids is 1. The minimum atomic E-state index is -0.726. The van der Waals surface area contributed by atoms with Crippen molar-refractivity contribution in [2.75, 3.05) is 6.54 Å². The topological polar surface area (TPSA) is 73.0 Å². The average molecular weight is 419 g/mol. The monoisotopic (exact) mass is 417 g/mol. The molecule has 3 rings (SSSR count). The third kappa shape index (κ3) is 3.61. The molecule has 0 bridgehead atoms. The van der Waals surface area contributed by atoms with Crippen molar-refractivity contribution in [1.29, 1.82) is 0 Å². The molecule has 10 heteroatoms. The van der Waals surface area contributed by atoms with Crippen LogP contribution in [-0.2, 0) is 0 Å². The van der Waals surface area contributed by atoms with Gasteiger partial charge in [-0.2, -0.15) is 4.68 Å². The van der Waals surface area contributed by atoms with Crippen molar-refractivity contribution in [1.82, 2.24) is 24.7 Å². The number of nitrogens with zero attached hydrogens (tertiary/aromatic N) is 5. The molecule has 1 fully saturated rings. The molecular formula is C16H18Cl3N5O2. The number of rotatable bonds is 3. The molecule has 1 aliphatic rings. The van der Waals surface area contributed by atoms with Crippen molar-refractivity contribution in [3.8, 4) is 5.69 Å². The summed E-state index contributed by atoms with van der Waals surface area (Å²) in [6, 6.07) is 2.51. The van der Waals surface area contributed by atoms with Crippen molar-refractivity contribution in [2.45, 2.75) is 45.1 Å². The normalized spacial score (nSPS) is 15.2. The van der Waals surface area contributed by atoms with E-state index in [1.165, 1.54) is 18.6 Å². The van der Waals surface area contributed by atoms with Crippen molar-refractivity contribution in [2.24, 2.45) is 0 Å². The first-order valence-electron chi connectivity index (χ1n) is 8.45. The second-order valence-corrected chi connectivity index (χ2v) is 7.41. The molecule has 1 saturated carbocycles. The van der Waals surface area contributed by atoms with E-state index < -0.39 is 11.7 Å². The summed E-state index contributed by atoms with van der Waals surface area (Å²) in [5.41, 5.74) is -0.585. The van der Waals surface area contributed by atoms with Gasteiger partial charge < -0.3 is 4.90 Å². The third-order valence-corrected chi connectivity index (χ3v) is 5.35. The summed E-state index contributed by atoms with van der Waals surface area (Å²) in [6.07, 6.45) is 5.18. The van der Waals surface area contributed by atoms with Gasteiger partial charge in [-0.15, -0.1) is 4.68 Å². The number of aromatic nitrogens is 4. The lowest BCUT2D eigenvalue weighted by Gasteiger charge is -2.32. The molecule has 1 amide bonds. The van der Waals surface area contributed by atoms with Crippen LogP contribution in [0.25, 0.3) is 5.69 Å². The van der Waals surface area contributed by atoms with E-state index in [9.17, 15) is 9.59 Å². The fourth-order valence-electron chi connectivity index (χ4n) is 3.31. The summed E-state index contributed by atoms with van der Waals surface area (Å²) >= 11 is 18.2. The second-order valence-electron chi connectivity index (χ2n) is 6.16. The first-order valence-corrected chi connectivity index (χ1v) is 9.58. The molecule has 1 aromatic carbocycles. The van der Waals surface area contributed by atoms with E-state index in [1.807, 2.05) is 6.92 Å². The van der Waals surface area contributed by atoms with Gasteiger partial charge in [0.05, 0.1) is 10.0 Å². The van der Waals surface area contributed by atoms with Crippen LogP contribution in [0, 0.1) is 0 Å². The zero-order valence-electron chi connectivity index (χ0n) is 14.2. The van der Waals surface area contributed by atoms with Crippen LogP contribution in [0.1, 0.15) is 39.0 Å². The highest BCUT2D eigenvalue weighted by molar-refractivity contribution is 6.40. The Morgan fingerprint density at radius 3 is 2.35 bits per heavy atom. The van der Waals surface area contributed by atoms with Crippen LogP contribution < -0.4 is 5.69 Å². The summed E-state index contributed by atoms with van der Waals surface area (Å²) in [7, 11) is 0. The molecule has 0 aliphatic heterocycles. The maximum Gasteiger partial charge on any atom is 0.377 e. The smallest absolute Gasteiger partial charge is 0.320 e. The second kappa shape index (κ2) is 7.98. The van der Waals surface area contributed by atoms with Crippen LogP contribution in [0.5, 0.6) is 0 Å². The number of hydrogen-bond acceptors (Lipinski definition) is 4. The van der Waals surface area contributed by atoms with Gasteiger partial charge in [-0.25, -0.2) is 9.59 Å². The molecule has 0 radical (unpaired) electrons. The Bertz CT molecular complexity index is 850. The Hall–Kier alpha value is -1.57. The zero-order valence-corrected chi connectivity index (χ0v) is 16.4. The third-order valence-electron chi connectivity index (χ3n) is 4.56. The van der Waals surface area contributed by atoms with Crippen LogP contribution in [0.15, 0.2) is 16.9 Å². The van der Waals surface area contributed by atoms with Crippen LogP contribution in [0.2, 0.25) is 15.1 Å². The van der Waals surface area contributed by atoms with Gasteiger partial charge in [0.25, 0.3) is 0 Å². The molecule has 0 atom stereocenters. The highest BCUT2D eigenvalue weighted by atomic mass is 35.5. The number of carbonyl (C=O) groups is 1. The van der Waals surface area contributed by atoms with Gasteiger partial charge in [0.15, 0.2) is 0 Å². The van der Waals surface area contributed by atoms with E-state index in [0.717, 1.165) is 35.0 Å². The fraction of sp³-hybridized carbons (Fsp3) is 0.500. The zero-order chi connectivity index (χ0) is 18.8. The molecule has 0 saturated heterocycles. The molecule has 140 valence electrons. The fourth-order valence-corrected chi connectivity index (χ4v) is 4.28. The quantitative estimate of drug-likeness (QED) is 0.706. The van der Waals surface area contributed by atoms with Crippen LogP contribution in [0.4, 0.5) is 4.79 Å². The lowest BCUT2D eigenvalue weighted by molar-refractivity contribution is 0.157. The molecule has 2 aromatic rings. The van der Waals surface area contributed by atoms with E-state index in [2.05, 4.69) is 10.4 Å². The highest BCUT2D eigenvalue weighted by Gasteiger charge is 2.28. The Balaban J connectivity index is 1.96. The van der Waals surface area contributed by atoms with E-state index >= 15 is 0 Å². The van der Waals surface area contributed by atoms with E-state index in [-0.39, 0.29) is 21.8 Å². The molecule has 0 N–H and O–H groups in total. The first-order chi connectivity index (χ1) is 12.4. The number of tetrazole rings is 1. The van der Waals surface area contributed by atoms with Crippen LogP contribution in [-0.4, -0.2) is 43.3 Å². The molecular weight excluding hydrogens is 401 g/mol. The largest absolute Gasteiger partial charge is 0.377 e. The molecule has 7 nitrogen and oxygen atoms in total. The maximum atomic E-state index is 12.9. The highest BCUT2D eigenvalue weighted by Crippen LogP contribution is 2.30. The molecule has 1 heterocycles. The summed E-state index contributed by atoms with van der Waals surface area (Å²) in [6.45, 7) is 2.38. The van der Waals surface area contributed by atoms with Crippen LogP contribution in [0.3, 0.4) is 0 Å². The van der Waals surface area contributed by atoms with Gasteiger partial charge in [0.2, 0.25) is 0 Å². The lowest BCUT2D eigenvalue weighted by atomic mass is 9.94. The van der Waals surface area contributed by atoms with Gasteiger partial charge in [0, 0.05) is 17.6 Å². The predicted molar refractivity (Wildman–Crippen MR) is 101 cm³/mol. The van der Waals surface area contributed by atoms with Crippen molar-refractivity contribution in [3.05, 3.63) is 37.7 Å². The first kappa shape index (κ1) is 19.2. The number of halogens is 3. The predicted octanol–water partition coefficient (Wildman–Crippen LogP) is 4.01. The molecule has 0 spiro atoms. The minimum absolute atomic E-state index is 0.112. The number of amides is 1. The minimum Gasteiger partial charge on any atom is -0.320 e. The summed E-state index contributed by atoms with van der Waals surface area (Å²) in [4.78, 5) is 27.2. The Labute approximate surface area is 165 Å². The van der Waals surface area contributed by atoms with E-state index in [4.69, 9.17) is 34.8 Å². The molecule has 1 aromatic heterocycles. The lowest BCUT2D eigenvalue weighted by Crippen LogP contribution is -2.47. The van der Waals surface area contributed by atoms with Gasteiger partial charge in [-0.05, 0) is 42.3 Å². The molecule has 0 unspecified atom stereocenters. The SMILES string of the molecule is CCN(C(=O)n1nnn(-c2c(Cl)cc(Cl)cc2Cl)c1=O)C1CCCCC1. The summed E-state index contributed by atoms with van der Waals surface area (Å²) in [5.74, 6) is 0. The van der Waals surface area contributed by atoms with Crippen molar-refractivity contribution >= 4 is 40.8 Å². The maximum absolute atomic E-state index is 12.9. The molecule has 1 aliphatic carbocycles. The molecule has 26 heavy (non-hydrogen) atoms. The van der Waals surface area contributed by atoms with E-state index in [1.54, 1.807) is 4.90 Å². The standard InChI is InChI=1S/C16H18Cl3N5O2/c1-2-22(11-6-4-3-5-7-11)15(25)24-16(26)23(20-21-24)14-12(18)8-10(17)9-13(14)19/h8-9,11H,2-7H2,1H3.